The van der Waals surface area contributed by atoms with E-state index in [9.17, 15) is 4.79 Å². The van der Waals surface area contributed by atoms with Crippen LogP contribution in [0.5, 0.6) is 0 Å². The zero-order valence-electron chi connectivity index (χ0n) is 8.21. The van der Waals surface area contributed by atoms with Crippen LogP contribution in [0.2, 0.25) is 0 Å². The Morgan fingerprint density at radius 2 is 2.27 bits per heavy atom. The lowest BCUT2D eigenvalue weighted by atomic mass is 10.1. The molecule has 1 aliphatic rings. The van der Waals surface area contributed by atoms with Gasteiger partial charge in [-0.3, -0.25) is 4.79 Å². The van der Waals surface area contributed by atoms with E-state index in [1.807, 2.05) is 18.2 Å². The summed E-state index contributed by atoms with van der Waals surface area (Å²) in [6.07, 6.45) is 0. The van der Waals surface area contributed by atoms with Crippen LogP contribution < -0.4 is 10.6 Å². The zero-order chi connectivity index (χ0) is 10.8. The summed E-state index contributed by atoms with van der Waals surface area (Å²) in [7, 11) is 1.58. The molecular formula is C10H11BrN2O2. The van der Waals surface area contributed by atoms with E-state index in [-0.39, 0.29) is 11.9 Å². The van der Waals surface area contributed by atoms with Crippen molar-refractivity contribution in [1.82, 2.24) is 0 Å². The SMILES string of the molecule is COCC1Nc2ccc(Br)cc2NC1=O. The third-order valence-electron chi connectivity index (χ3n) is 2.22. The molecule has 1 aromatic carbocycles. The Labute approximate surface area is 96.1 Å². The van der Waals surface area contributed by atoms with Gasteiger partial charge >= 0.3 is 0 Å². The van der Waals surface area contributed by atoms with Crippen LogP contribution in [0, 0.1) is 0 Å². The molecule has 0 spiro atoms. The maximum absolute atomic E-state index is 11.6. The summed E-state index contributed by atoms with van der Waals surface area (Å²) >= 11 is 3.35. The van der Waals surface area contributed by atoms with Crippen molar-refractivity contribution in [3.05, 3.63) is 22.7 Å². The van der Waals surface area contributed by atoms with Crippen molar-refractivity contribution in [3.63, 3.8) is 0 Å². The van der Waals surface area contributed by atoms with Crippen molar-refractivity contribution in [1.29, 1.82) is 0 Å². The van der Waals surface area contributed by atoms with Gasteiger partial charge in [-0.1, -0.05) is 15.9 Å². The topological polar surface area (TPSA) is 50.4 Å². The summed E-state index contributed by atoms with van der Waals surface area (Å²) in [5, 5.41) is 5.94. The van der Waals surface area contributed by atoms with Crippen LogP contribution in [0.3, 0.4) is 0 Å². The monoisotopic (exact) mass is 270 g/mol. The Morgan fingerprint density at radius 1 is 1.47 bits per heavy atom. The van der Waals surface area contributed by atoms with E-state index >= 15 is 0 Å². The summed E-state index contributed by atoms with van der Waals surface area (Å²) in [4.78, 5) is 11.6. The van der Waals surface area contributed by atoms with Crippen molar-refractivity contribution in [2.75, 3.05) is 24.4 Å². The lowest BCUT2D eigenvalue weighted by Gasteiger charge is -2.26. The highest BCUT2D eigenvalue weighted by atomic mass is 79.9. The molecule has 5 heteroatoms. The van der Waals surface area contributed by atoms with Crippen molar-refractivity contribution in [2.45, 2.75) is 6.04 Å². The molecule has 1 unspecified atom stereocenters. The summed E-state index contributed by atoms with van der Waals surface area (Å²) in [5.41, 5.74) is 1.71. The molecule has 0 aromatic heterocycles. The molecular weight excluding hydrogens is 260 g/mol. The van der Waals surface area contributed by atoms with Gasteiger partial charge in [0, 0.05) is 11.6 Å². The summed E-state index contributed by atoms with van der Waals surface area (Å²) in [6, 6.07) is 5.39. The quantitative estimate of drug-likeness (QED) is 0.862. The fourth-order valence-electron chi connectivity index (χ4n) is 1.50. The van der Waals surface area contributed by atoms with E-state index in [1.165, 1.54) is 0 Å². The van der Waals surface area contributed by atoms with Crippen LogP contribution in [0.1, 0.15) is 0 Å². The van der Waals surface area contributed by atoms with Gasteiger partial charge in [0.2, 0.25) is 5.91 Å². The Kier molecular flexibility index (Phi) is 2.93. The lowest BCUT2D eigenvalue weighted by molar-refractivity contribution is -0.118. The standard InChI is InChI=1S/C10H11BrN2O2/c1-15-5-9-10(14)13-8-4-6(11)2-3-7(8)12-9/h2-4,9,12H,5H2,1H3,(H,13,14). The second-order valence-electron chi connectivity index (χ2n) is 3.33. The van der Waals surface area contributed by atoms with Gasteiger partial charge in [-0.15, -0.1) is 0 Å². The molecule has 2 rings (SSSR count). The van der Waals surface area contributed by atoms with E-state index in [1.54, 1.807) is 7.11 Å². The van der Waals surface area contributed by atoms with E-state index < -0.39 is 0 Å². The Bertz CT molecular complexity index is 395. The lowest BCUT2D eigenvalue weighted by Crippen LogP contribution is -2.41. The van der Waals surface area contributed by atoms with E-state index in [0.717, 1.165) is 15.8 Å². The molecule has 80 valence electrons. The smallest absolute Gasteiger partial charge is 0.249 e. The number of ether oxygens (including phenoxy) is 1. The number of hydrogen-bond donors (Lipinski definition) is 2. The maximum atomic E-state index is 11.6. The molecule has 2 N–H and O–H groups in total. The number of carbonyl (C=O) groups is 1. The third-order valence-corrected chi connectivity index (χ3v) is 2.71. The average molecular weight is 271 g/mol. The fraction of sp³-hybridized carbons (Fsp3) is 0.300. The molecule has 1 heterocycles. The highest BCUT2D eigenvalue weighted by Gasteiger charge is 2.24. The third kappa shape index (κ3) is 2.13. The number of anilines is 2. The number of rotatable bonds is 2. The molecule has 1 aromatic rings. The van der Waals surface area contributed by atoms with Gasteiger partial charge in [0.25, 0.3) is 0 Å². The number of fused-ring (bicyclic) bond motifs is 1. The van der Waals surface area contributed by atoms with Crippen molar-refractivity contribution >= 4 is 33.2 Å². The normalized spacial score (nSPS) is 19.1. The number of methoxy groups -OCH3 is 1. The van der Waals surface area contributed by atoms with Crippen LogP contribution in [0.15, 0.2) is 22.7 Å². The Balaban J connectivity index is 2.26. The first kappa shape index (κ1) is 10.4. The predicted molar refractivity (Wildman–Crippen MR) is 62.1 cm³/mol. The zero-order valence-corrected chi connectivity index (χ0v) is 9.80. The van der Waals surface area contributed by atoms with Crippen molar-refractivity contribution in [3.8, 4) is 0 Å². The molecule has 0 saturated carbocycles. The van der Waals surface area contributed by atoms with Crippen LogP contribution in [-0.4, -0.2) is 25.7 Å². The predicted octanol–water partition coefficient (Wildman–Crippen LogP) is 1.83. The Morgan fingerprint density at radius 3 is 3.00 bits per heavy atom. The van der Waals surface area contributed by atoms with Gasteiger partial charge in [-0.05, 0) is 18.2 Å². The van der Waals surface area contributed by atoms with Gasteiger partial charge in [-0.25, -0.2) is 0 Å². The molecule has 0 aliphatic carbocycles. The number of nitrogens with one attached hydrogen (secondary N) is 2. The fourth-order valence-corrected chi connectivity index (χ4v) is 1.86. The molecule has 0 saturated heterocycles. The first-order chi connectivity index (χ1) is 7.20. The Hall–Kier alpha value is -1.07. The molecule has 4 nitrogen and oxygen atoms in total. The summed E-state index contributed by atoms with van der Waals surface area (Å²) in [5.74, 6) is -0.0672. The number of benzene rings is 1. The number of hydrogen-bond acceptors (Lipinski definition) is 3. The highest BCUT2D eigenvalue weighted by molar-refractivity contribution is 9.10. The first-order valence-corrected chi connectivity index (χ1v) is 5.36. The van der Waals surface area contributed by atoms with Crippen LogP contribution in [0.4, 0.5) is 11.4 Å². The van der Waals surface area contributed by atoms with E-state index in [4.69, 9.17) is 4.74 Å². The van der Waals surface area contributed by atoms with Crippen molar-refractivity contribution < 1.29 is 9.53 Å². The molecule has 1 amide bonds. The van der Waals surface area contributed by atoms with Crippen LogP contribution >= 0.6 is 15.9 Å². The van der Waals surface area contributed by atoms with E-state index in [2.05, 4.69) is 26.6 Å². The average Bonchev–Trinajstić information content (AvgIpc) is 2.20. The second-order valence-corrected chi connectivity index (χ2v) is 4.25. The summed E-state index contributed by atoms with van der Waals surface area (Å²) in [6.45, 7) is 0.362. The maximum Gasteiger partial charge on any atom is 0.249 e. The number of carbonyl (C=O) groups excluding carboxylic acids is 1. The van der Waals surface area contributed by atoms with E-state index in [0.29, 0.717) is 6.61 Å². The molecule has 1 aliphatic heterocycles. The molecule has 15 heavy (non-hydrogen) atoms. The van der Waals surface area contributed by atoms with Crippen molar-refractivity contribution in [2.24, 2.45) is 0 Å². The molecule has 1 atom stereocenters. The minimum atomic E-state index is -0.316. The van der Waals surface area contributed by atoms with Gasteiger partial charge in [0.05, 0.1) is 18.0 Å². The van der Waals surface area contributed by atoms with Crippen LogP contribution in [0.25, 0.3) is 0 Å². The number of halogens is 1. The number of amides is 1. The van der Waals surface area contributed by atoms with Crippen LogP contribution in [-0.2, 0) is 9.53 Å². The molecule has 0 radical (unpaired) electrons. The van der Waals surface area contributed by atoms with Gasteiger partial charge in [0.1, 0.15) is 6.04 Å². The van der Waals surface area contributed by atoms with Gasteiger partial charge < -0.3 is 15.4 Å². The summed E-state index contributed by atoms with van der Waals surface area (Å²) < 4.78 is 5.90. The second kappa shape index (κ2) is 4.20. The molecule has 0 fully saturated rings. The highest BCUT2D eigenvalue weighted by Crippen LogP contribution is 2.29. The first-order valence-electron chi connectivity index (χ1n) is 4.56. The largest absolute Gasteiger partial charge is 0.382 e. The van der Waals surface area contributed by atoms with Gasteiger partial charge in [-0.2, -0.15) is 0 Å². The minimum absolute atomic E-state index is 0.0672. The molecule has 0 bridgehead atoms. The minimum Gasteiger partial charge on any atom is -0.382 e. The van der Waals surface area contributed by atoms with Gasteiger partial charge in [0.15, 0.2) is 0 Å².